The van der Waals surface area contributed by atoms with Crippen LogP contribution in [0.2, 0.25) is 0 Å². The number of carbonyl (C=O) groups is 1. The van der Waals surface area contributed by atoms with Crippen LogP contribution >= 0.6 is 0 Å². The number of aliphatic carboxylic acids is 1. The number of hydrogen-bond donors (Lipinski definition) is 2. The van der Waals surface area contributed by atoms with Crippen molar-refractivity contribution in [2.45, 2.75) is 0 Å². The average molecular weight is 294 g/mol. The normalized spacial score (nSPS) is 10.5. The second kappa shape index (κ2) is 5.77. The van der Waals surface area contributed by atoms with E-state index in [4.69, 9.17) is 9.84 Å². The molecule has 0 aromatic heterocycles. The maximum absolute atomic E-state index is 10.8. The lowest BCUT2D eigenvalue weighted by Gasteiger charge is -2.14. The van der Waals surface area contributed by atoms with Crippen molar-refractivity contribution in [2.75, 3.05) is 6.61 Å². The summed E-state index contributed by atoms with van der Waals surface area (Å²) < 4.78 is 5.42. The van der Waals surface area contributed by atoms with Gasteiger partial charge in [0.25, 0.3) is 0 Å². The Morgan fingerprint density at radius 3 is 2.59 bits per heavy atom. The summed E-state index contributed by atoms with van der Waals surface area (Å²) in [4.78, 5) is 10.8. The van der Waals surface area contributed by atoms with E-state index in [-0.39, 0.29) is 5.75 Å². The van der Waals surface area contributed by atoms with Crippen LogP contribution in [0.15, 0.2) is 60.7 Å². The molecule has 0 atom stereocenters. The fourth-order valence-electron chi connectivity index (χ4n) is 2.47. The van der Waals surface area contributed by atoms with Gasteiger partial charge in [-0.25, -0.2) is 4.79 Å². The third-order valence-electron chi connectivity index (χ3n) is 3.38. The molecule has 3 aromatic rings. The number of hydrogen-bond acceptors (Lipinski definition) is 3. The van der Waals surface area contributed by atoms with Crippen LogP contribution in [0.3, 0.4) is 0 Å². The van der Waals surface area contributed by atoms with Crippen molar-refractivity contribution in [1.82, 2.24) is 0 Å². The largest absolute Gasteiger partial charge is 0.508 e. The van der Waals surface area contributed by atoms with Gasteiger partial charge >= 0.3 is 5.97 Å². The third kappa shape index (κ3) is 2.72. The van der Waals surface area contributed by atoms with E-state index in [1.807, 2.05) is 36.4 Å². The zero-order chi connectivity index (χ0) is 15.5. The predicted molar refractivity (Wildman–Crippen MR) is 84.2 cm³/mol. The number of phenolic OH excluding ortho intramolecular Hbond substituents is 1. The fourth-order valence-corrected chi connectivity index (χ4v) is 2.47. The average Bonchev–Trinajstić information content (AvgIpc) is 2.52. The van der Waals surface area contributed by atoms with Gasteiger partial charge in [0.15, 0.2) is 6.61 Å². The number of carboxylic acids is 1. The highest BCUT2D eigenvalue weighted by molar-refractivity contribution is 6.00. The molecule has 0 spiro atoms. The molecule has 3 rings (SSSR count). The molecule has 4 heteroatoms. The maximum Gasteiger partial charge on any atom is 0.341 e. The first-order valence-electron chi connectivity index (χ1n) is 6.81. The smallest absolute Gasteiger partial charge is 0.341 e. The van der Waals surface area contributed by atoms with Gasteiger partial charge in [-0.2, -0.15) is 0 Å². The van der Waals surface area contributed by atoms with Crippen LogP contribution in [0.25, 0.3) is 21.9 Å². The molecule has 0 amide bonds. The molecule has 2 N–H and O–H groups in total. The minimum atomic E-state index is -1.03. The minimum Gasteiger partial charge on any atom is -0.508 e. The molecule has 3 aromatic carbocycles. The van der Waals surface area contributed by atoms with Gasteiger partial charge in [-0.1, -0.05) is 42.5 Å². The highest BCUT2D eigenvalue weighted by Crippen LogP contribution is 2.38. The van der Waals surface area contributed by atoms with Crippen molar-refractivity contribution in [3.05, 3.63) is 60.7 Å². The highest BCUT2D eigenvalue weighted by atomic mass is 16.5. The summed E-state index contributed by atoms with van der Waals surface area (Å²) >= 11 is 0. The number of rotatable bonds is 4. The van der Waals surface area contributed by atoms with E-state index in [1.165, 1.54) is 0 Å². The Kier molecular flexibility index (Phi) is 3.66. The SMILES string of the molecule is O=C(O)COc1ccc2ccccc2c1-c1cccc(O)c1. The van der Waals surface area contributed by atoms with Gasteiger partial charge in [-0.3, -0.25) is 0 Å². The molecule has 0 fully saturated rings. The molecule has 110 valence electrons. The standard InChI is InChI=1S/C18H14O4/c19-14-6-3-5-13(10-14)18-15-7-2-1-4-12(15)8-9-16(18)22-11-17(20)21/h1-10,19H,11H2,(H,20,21). The summed E-state index contributed by atoms with van der Waals surface area (Å²) in [6.07, 6.45) is 0. The highest BCUT2D eigenvalue weighted by Gasteiger charge is 2.12. The summed E-state index contributed by atoms with van der Waals surface area (Å²) in [6.45, 7) is -0.413. The first-order valence-corrected chi connectivity index (χ1v) is 6.81. The molecule has 0 heterocycles. The van der Waals surface area contributed by atoms with Gasteiger partial charge in [-0.15, -0.1) is 0 Å². The molecule has 0 aliphatic rings. The monoisotopic (exact) mass is 294 g/mol. The minimum absolute atomic E-state index is 0.148. The Morgan fingerprint density at radius 1 is 1.00 bits per heavy atom. The molecule has 0 aliphatic heterocycles. The van der Waals surface area contributed by atoms with Gasteiger partial charge in [0, 0.05) is 5.56 Å². The van der Waals surface area contributed by atoms with Crippen LogP contribution in [0, 0.1) is 0 Å². The first kappa shape index (κ1) is 13.9. The van der Waals surface area contributed by atoms with Crippen LogP contribution in [0.1, 0.15) is 0 Å². The van der Waals surface area contributed by atoms with Crippen molar-refractivity contribution in [3.8, 4) is 22.6 Å². The Bertz CT molecular complexity index is 839. The number of carboxylic acid groups (broad SMARTS) is 1. The lowest BCUT2D eigenvalue weighted by Crippen LogP contribution is -2.10. The Hall–Kier alpha value is -3.01. The van der Waals surface area contributed by atoms with Gasteiger partial charge in [0.05, 0.1) is 0 Å². The third-order valence-corrected chi connectivity index (χ3v) is 3.38. The van der Waals surface area contributed by atoms with E-state index in [1.54, 1.807) is 24.3 Å². The quantitative estimate of drug-likeness (QED) is 0.770. The summed E-state index contributed by atoms with van der Waals surface area (Å²) in [5, 5.41) is 20.5. The van der Waals surface area contributed by atoms with Crippen LogP contribution < -0.4 is 4.74 Å². The van der Waals surface area contributed by atoms with Gasteiger partial charge in [-0.05, 0) is 34.5 Å². The topological polar surface area (TPSA) is 66.8 Å². The fraction of sp³-hybridized carbons (Fsp3) is 0.0556. The van der Waals surface area contributed by atoms with Crippen LogP contribution in [-0.4, -0.2) is 22.8 Å². The van der Waals surface area contributed by atoms with E-state index >= 15 is 0 Å². The molecule has 0 saturated carbocycles. The van der Waals surface area contributed by atoms with E-state index in [0.29, 0.717) is 5.75 Å². The molecule has 4 nitrogen and oxygen atoms in total. The van der Waals surface area contributed by atoms with E-state index < -0.39 is 12.6 Å². The molecule has 22 heavy (non-hydrogen) atoms. The molecule has 0 bridgehead atoms. The molecule has 0 radical (unpaired) electrons. The molecular formula is C18H14O4. The predicted octanol–water partition coefficient (Wildman–Crippen LogP) is 3.68. The maximum atomic E-state index is 10.8. The molecule has 0 aliphatic carbocycles. The summed E-state index contributed by atoms with van der Waals surface area (Å²) in [6, 6.07) is 18.2. The number of ether oxygens (including phenoxy) is 1. The van der Waals surface area contributed by atoms with Crippen molar-refractivity contribution < 1.29 is 19.7 Å². The first-order chi connectivity index (χ1) is 10.6. The van der Waals surface area contributed by atoms with Crippen LogP contribution in [-0.2, 0) is 4.79 Å². The number of phenols is 1. The lowest BCUT2D eigenvalue weighted by molar-refractivity contribution is -0.139. The van der Waals surface area contributed by atoms with Crippen LogP contribution in [0.5, 0.6) is 11.5 Å². The summed E-state index contributed by atoms with van der Waals surface area (Å²) in [5.41, 5.74) is 1.55. The second-order valence-corrected chi connectivity index (χ2v) is 4.89. The van der Waals surface area contributed by atoms with Crippen molar-refractivity contribution >= 4 is 16.7 Å². The van der Waals surface area contributed by atoms with Crippen molar-refractivity contribution in [3.63, 3.8) is 0 Å². The molecule has 0 saturated heterocycles. The number of aromatic hydroxyl groups is 1. The van der Waals surface area contributed by atoms with Gasteiger partial charge in [0.2, 0.25) is 0 Å². The molecule has 0 unspecified atom stereocenters. The Morgan fingerprint density at radius 2 is 1.82 bits per heavy atom. The van der Waals surface area contributed by atoms with E-state index in [9.17, 15) is 9.90 Å². The summed E-state index contributed by atoms with van der Waals surface area (Å²) in [7, 11) is 0. The van der Waals surface area contributed by atoms with Crippen molar-refractivity contribution in [1.29, 1.82) is 0 Å². The Labute approximate surface area is 127 Å². The Balaban J connectivity index is 2.22. The summed E-state index contributed by atoms with van der Waals surface area (Å²) in [5.74, 6) is -0.406. The number of fused-ring (bicyclic) bond motifs is 1. The zero-order valence-corrected chi connectivity index (χ0v) is 11.7. The second-order valence-electron chi connectivity index (χ2n) is 4.89. The van der Waals surface area contributed by atoms with E-state index in [0.717, 1.165) is 21.9 Å². The van der Waals surface area contributed by atoms with E-state index in [2.05, 4.69) is 0 Å². The number of benzene rings is 3. The van der Waals surface area contributed by atoms with Crippen LogP contribution in [0.4, 0.5) is 0 Å². The van der Waals surface area contributed by atoms with Gasteiger partial charge in [0.1, 0.15) is 11.5 Å². The zero-order valence-electron chi connectivity index (χ0n) is 11.7. The lowest BCUT2D eigenvalue weighted by atomic mass is 9.97. The van der Waals surface area contributed by atoms with Crippen molar-refractivity contribution in [2.24, 2.45) is 0 Å². The van der Waals surface area contributed by atoms with Gasteiger partial charge < -0.3 is 14.9 Å². The molecular weight excluding hydrogens is 280 g/mol.